The van der Waals surface area contributed by atoms with E-state index in [9.17, 15) is 9.59 Å². The maximum atomic E-state index is 12.9. The molecule has 16 nitrogen and oxygen atoms in total. The van der Waals surface area contributed by atoms with Crippen molar-refractivity contribution in [2.75, 3.05) is 166 Å². The Bertz CT molecular complexity index is 1480. The minimum absolute atomic E-state index is 0.00417. The van der Waals surface area contributed by atoms with Crippen LogP contribution in [-0.4, -0.2) is 184 Å². The second-order valence-corrected chi connectivity index (χ2v) is 21.8. The Morgan fingerprint density at radius 1 is 0.541 bits per heavy atom. The van der Waals surface area contributed by atoms with E-state index in [-0.39, 0.29) is 43.5 Å². The van der Waals surface area contributed by atoms with E-state index in [4.69, 9.17) is 66.3 Å². The quantitative estimate of drug-likeness (QED) is 0.0323. The lowest BCUT2D eigenvalue weighted by Crippen LogP contribution is -2.51. The minimum atomic E-state index is -0.420. The van der Waals surface area contributed by atoms with Crippen LogP contribution in [-0.2, 0) is 75.9 Å². The largest absolute Gasteiger partial charge is 0.463 e. The van der Waals surface area contributed by atoms with Gasteiger partial charge in [-0.2, -0.15) is 0 Å². The fourth-order valence-electron chi connectivity index (χ4n) is 12.6. The van der Waals surface area contributed by atoms with Crippen LogP contribution in [0.3, 0.4) is 0 Å². The fourth-order valence-corrected chi connectivity index (χ4v) is 12.6. The van der Waals surface area contributed by atoms with Crippen molar-refractivity contribution in [3.63, 3.8) is 0 Å². The van der Waals surface area contributed by atoms with Crippen LogP contribution in [0.15, 0.2) is 11.6 Å². The van der Waals surface area contributed by atoms with E-state index in [1.807, 2.05) is 0 Å². The van der Waals surface area contributed by atoms with Crippen LogP contribution in [0.25, 0.3) is 0 Å². The van der Waals surface area contributed by atoms with Crippen LogP contribution in [0.1, 0.15) is 125 Å². The van der Waals surface area contributed by atoms with Crippen molar-refractivity contribution in [3.05, 3.63) is 11.6 Å². The zero-order chi connectivity index (χ0) is 53.1. The third-order valence-corrected chi connectivity index (χ3v) is 16.8. The number of carbonyl (C=O) groups excluding carboxylic acids is 2. The van der Waals surface area contributed by atoms with Gasteiger partial charge in [-0.1, -0.05) is 66.0 Å². The van der Waals surface area contributed by atoms with Gasteiger partial charge >= 0.3 is 11.9 Å². The summed E-state index contributed by atoms with van der Waals surface area (Å²) in [6, 6.07) is 0. The molecular weight excluding hydrogens is 953 g/mol. The highest BCUT2D eigenvalue weighted by Gasteiger charge is 2.59. The Balaban J connectivity index is 0.869. The molecule has 0 bridgehead atoms. The van der Waals surface area contributed by atoms with E-state index in [0.29, 0.717) is 151 Å². The first-order valence-electron chi connectivity index (χ1n) is 28.9. The molecule has 74 heavy (non-hydrogen) atoms. The third-order valence-electron chi connectivity index (χ3n) is 16.8. The summed E-state index contributed by atoms with van der Waals surface area (Å²) >= 11 is 0. The van der Waals surface area contributed by atoms with Crippen LogP contribution in [0.4, 0.5) is 0 Å². The summed E-state index contributed by atoms with van der Waals surface area (Å²) in [6.07, 6.45) is 16.0. The SMILES string of the molecule is CCC(CCC(C)C1CCC2C3CC=C4CC(OC(=O)CCC(=O)OCCOCCOCCOCCOCCOCCOCCOCCOCCOCCOCCOCCOC)CCC4(C)C3CCC12C)C(C)C. The Morgan fingerprint density at radius 2 is 0.986 bits per heavy atom. The smallest absolute Gasteiger partial charge is 0.306 e. The van der Waals surface area contributed by atoms with Gasteiger partial charge in [-0.3, -0.25) is 9.59 Å². The first-order valence-corrected chi connectivity index (χ1v) is 28.9. The Labute approximate surface area is 447 Å². The molecule has 432 valence electrons. The molecule has 0 amide bonds. The molecule has 4 rings (SSSR count). The van der Waals surface area contributed by atoms with Crippen LogP contribution in [0, 0.1) is 52.3 Å². The highest BCUT2D eigenvalue weighted by molar-refractivity contribution is 5.77. The fraction of sp³-hybridized carbons (Fsp3) is 0.931. The van der Waals surface area contributed by atoms with Crippen LogP contribution in [0.5, 0.6) is 0 Å². The van der Waals surface area contributed by atoms with Crippen molar-refractivity contribution >= 4 is 11.9 Å². The molecule has 0 N–H and O–H groups in total. The van der Waals surface area contributed by atoms with Crippen LogP contribution in [0.2, 0.25) is 0 Å². The van der Waals surface area contributed by atoms with Crippen molar-refractivity contribution in [1.82, 2.24) is 0 Å². The lowest BCUT2D eigenvalue weighted by molar-refractivity contribution is -0.155. The molecule has 0 aromatic carbocycles. The molecule has 0 radical (unpaired) electrons. The standard InChI is InChI=1S/C58H104O16/c1-8-48(46(2)3)10-9-47(4)52-13-14-53-51-12-11-49-45-50(17-19-57(49,5)54(51)18-20-58(52,53)6)74-56(60)16-15-55(59)73-44-43-72-42-41-71-40-39-70-38-37-69-36-35-68-34-33-67-32-31-66-30-29-65-28-27-64-26-25-63-24-23-62-22-21-61-7/h11,46-48,50-54H,8-10,12-45H2,1-7H3. The average molecular weight is 1060 g/mol. The molecule has 0 spiro atoms. The van der Waals surface area contributed by atoms with Crippen LogP contribution < -0.4 is 0 Å². The number of allylic oxidation sites excluding steroid dienone is 1. The Kier molecular flexibility index (Phi) is 33.9. The summed E-state index contributed by atoms with van der Waals surface area (Å²) in [5.41, 5.74) is 2.18. The molecular formula is C58H104O16. The second kappa shape index (κ2) is 38.7. The van der Waals surface area contributed by atoms with Crippen molar-refractivity contribution < 1.29 is 75.9 Å². The normalized spacial score (nSPS) is 25.3. The van der Waals surface area contributed by atoms with Crippen molar-refractivity contribution in [2.45, 2.75) is 131 Å². The second-order valence-electron chi connectivity index (χ2n) is 21.8. The van der Waals surface area contributed by atoms with Gasteiger partial charge in [-0.05, 0) is 104 Å². The van der Waals surface area contributed by atoms with Gasteiger partial charge in [0.05, 0.1) is 165 Å². The molecule has 0 aromatic rings. The summed E-state index contributed by atoms with van der Waals surface area (Å²) in [5.74, 6) is 4.88. The topological polar surface area (TPSA) is 163 Å². The lowest BCUT2D eigenvalue weighted by Gasteiger charge is -2.58. The first kappa shape index (κ1) is 64.7. The number of carbonyl (C=O) groups is 2. The molecule has 0 aromatic heterocycles. The number of methoxy groups -OCH3 is 1. The predicted octanol–water partition coefficient (Wildman–Crippen LogP) is 8.73. The number of hydrogen-bond acceptors (Lipinski definition) is 16. The molecule has 9 unspecified atom stereocenters. The summed E-state index contributed by atoms with van der Waals surface area (Å²) < 4.78 is 76.6. The van der Waals surface area contributed by atoms with Crippen molar-refractivity contribution in [2.24, 2.45) is 52.3 Å². The zero-order valence-corrected chi connectivity index (χ0v) is 47.4. The highest BCUT2D eigenvalue weighted by Crippen LogP contribution is 2.67. The number of ether oxygens (including phenoxy) is 14. The van der Waals surface area contributed by atoms with E-state index in [0.717, 1.165) is 60.7 Å². The first-order chi connectivity index (χ1) is 36.0. The van der Waals surface area contributed by atoms with Gasteiger partial charge in [-0.25, -0.2) is 0 Å². The molecule has 16 heteroatoms. The number of rotatable bonds is 46. The van der Waals surface area contributed by atoms with Crippen molar-refractivity contribution in [3.8, 4) is 0 Å². The summed E-state index contributed by atoms with van der Waals surface area (Å²) in [5, 5.41) is 0. The molecule has 0 aliphatic heterocycles. The molecule has 4 aliphatic rings. The maximum absolute atomic E-state index is 12.9. The molecule has 9 atom stereocenters. The van der Waals surface area contributed by atoms with Crippen LogP contribution >= 0.6 is 0 Å². The van der Waals surface area contributed by atoms with E-state index in [2.05, 4.69) is 47.6 Å². The Hall–Kier alpha value is -1.80. The van der Waals surface area contributed by atoms with Gasteiger partial charge < -0.3 is 66.3 Å². The lowest BCUT2D eigenvalue weighted by atomic mass is 9.47. The monoisotopic (exact) mass is 1060 g/mol. The molecule has 3 fully saturated rings. The van der Waals surface area contributed by atoms with Crippen molar-refractivity contribution in [1.29, 1.82) is 0 Å². The number of esters is 2. The van der Waals surface area contributed by atoms with E-state index < -0.39 is 5.97 Å². The minimum Gasteiger partial charge on any atom is -0.463 e. The predicted molar refractivity (Wildman–Crippen MR) is 283 cm³/mol. The molecule has 3 saturated carbocycles. The van der Waals surface area contributed by atoms with E-state index in [1.165, 1.54) is 56.9 Å². The summed E-state index contributed by atoms with van der Waals surface area (Å²) in [4.78, 5) is 25.2. The molecule has 4 aliphatic carbocycles. The summed E-state index contributed by atoms with van der Waals surface area (Å²) in [6.45, 7) is 26.1. The highest BCUT2D eigenvalue weighted by atomic mass is 16.6. The van der Waals surface area contributed by atoms with Gasteiger partial charge in [0.1, 0.15) is 12.7 Å². The number of fused-ring (bicyclic) bond motifs is 5. The van der Waals surface area contributed by atoms with Gasteiger partial charge in [0, 0.05) is 13.5 Å². The zero-order valence-electron chi connectivity index (χ0n) is 47.4. The number of hydrogen-bond donors (Lipinski definition) is 0. The van der Waals surface area contributed by atoms with E-state index >= 15 is 0 Å². The van der Waals surface area contributed by atoms with Gasteiger partial charge in [0.15, 0.2) is 0 Å². The summed E-state index contributed by atoms with van der Waals surface area (Å²) in [7, 11) is 1.64. The van der Waals surface area contributed by atoms with Gasteiger partial charge in [-0.15, -0.1) is 0 Å². The molecule has 0 saturated heterocycles. The molecule has 0 heterocycles. The van der Waals surface area contributed by atoms with Gasteiger partial charge in [0.25, 0.3) is 0 Å². The van der Waals surface area contributed by atoms with E-state index in [1.54, 1.807) is 7.11 Å². The maximum Gasteiger partial charge on any atom is 0.306 e. The Morgan fingerprint density at radius 3 is 1.43 bits per heavy atom. The average Bonchev–Trinajstić information content (AvgIpc) is 3.75. The van der Waals surface area contributed by atoms with Gasteiger partial charge in [0.2, 0.25) is 0 Å². The third kappa shape index (κ3) is 24.1.